The smallest absolute Gasteiger partial charge is 0.238 e. The van der Waals surface area contributed by atoms with Gasteiger partial charge in [0.15, 0.2) is 0 Å². The first kappa shape index (κ1) is 14.8. The Labute approximate surface area is 117 Å². The number of anilines is 1. The van der Waals surface area contributed by atoms with Crippen LogP contribution in [0.15, 0.2) is 24.3 Å². The number of hydrogen-bond acceptors (Lipinski definition) is 3. The molecule has 0 saturated carbocycles. The van der Waals surface area contributed by atoms with Crippen molar-refractivity contribution in [2.24, 2.45) is 0 Å². The Bertz CT molecular complexity index is 503. The van der Waals surface area contributed by atoms with E-state index in [0.29, 0.717) is 18.6 Å². The molecule has 1 aromatic carbocycles. The van der Waals surface area contributed by atoms with Crippen molar-refractivity contribution in [1.29, 1.82) is 0 Å². The third-order valence-electron chi connectivity index (χ3n) is 3.55. The van der Waals surface area contributed by atoms with E-state index in [4.69, 9.17) is 4.74 Å². The van der Waals surface area contributed by atoms with E-state index in [1.165, 1.54) is 0 Å². The number of halogens is 2. The lowest BCUT2D eigenvalue weighted by molar-refractivity contribution is 0.135. The van der Waals surface area contributed by atoms with Gasteiger partial charge in [-0.15, -0.1) is 0 Å². The summed E-state index contributed by atoms with van der Waals surface area (Å²) in [5, 5.41) is 10.0. The van der Waals surface area contributed by atoms with E-state index < -0.39 is 12.7 Å². The monoisotopic (exact) mass is 283 g/mol. The summed E-state index contributed by atoms with van der Waals surface area (Å²) < 4.78 is 29.6. The first-order valence-corrected chi connectivity index (χ1v) is 6.61. The van der Waals surface area contributed by atoms with Gasteiger partial charge in [-0.25, -0.2) is 8.78 Å². The first-order chi connectivity index (χ1) is 9.52. The molecule has 0 amide bonds. The van der Waals surface area contributed by atoms with Crippen molar-refractivity contribution in [2.45, 2.75) is 31.9 Å². The fourth-order valence-electron chi connectivity index (χ4n) is 2.39. The minimum absolute atomic E-state index is 0.116. The van der Waals surface area contributed by atoms with Crippen LogP contribution in [-0.4, -0.2) is 31.9 Å². The number of nitrogens with zero attached hydrogens (tertiary/aromatic N) is 1. The number of aliphatic hydroxyl groups is 1. The van der Waals surface area contributed by atoms with Crippen molar-refractivity contribution in [1.82, 2.24) is 0 Å². The van der Waals surface area contributed by atoms with E-state index in [2.05, 4.69) is 0 Å². The van der Waals surface area contributed by atoms with E-state index >= 15 is 0 Å². The molecule has 0 fully saturated rings. The number of rotatable bonds is 5. The average Bonchev–Trinajstić information content (AvgIpc) is 2.43. The highest BCUT2D eigenvalue weighted by atomic mass is 19.3. The van der Waals surface area contributed by atoms with Crippen LogP contribution in [0.4, 0.5) is 14.5 Å². The van der Waals surface area contributed by atoms with Gasteiger partial charge in [0, 0.05) is 30.8 Å². The molecular weight excluding hydrogens is 264 g/mol. The van der Waals surface area contributed by atoms with Crippen LogP contribution in [0.1, 0.15) is 24.8 Å². The molecule has 1 aliphatic rings. The Hall–Kier alpha value is -1.62. The number of benzene rings is 1. The van der Waals surface area contributed by atoms with Gasteiger partial charge in [0.25, 0.3) is 0 Å². The van der Waals surface area contributed by atoms with Crippen LogP contribution in [0, 0.1) is 0 Å². The standard InChI is InChI=1S/C15H19F2NO2/c1-18-13-9-11(20-2)6-7-12(13)10(8-15(18)19)4-3-5-14(16)17/h6-9,14-15,19H,3-5H2,1-2H3. The highest BCUT2D eigenvalue weighted by Gasteiger charge is 2.22. The van der Waals surface area contributed by atoms with Gasteiger partial charge >= 0.3 is 0 Å². The number of fused-ring (bicyclic) bond motifs is 1. The largest absolute Gasteiger partial charge is 0.497 e. The molecule has 1 aromatic rings. The molecule has 3 nitrogen and oxygen atoms in total. The predicted molar refractivity (Wildman–Crippen MR) is 75.2 cm³/mol. The predicted octanol–water partition coefficient (Wildman–Crippen LogP) is 3.28. The molecule has 1 N–H and O–H groups in total. The van der Waals surface area contributed by atoms with Crippen molar-refractivity contribution in [3.05, 3.63) is 29.8 Å². The molecule has 1 unspecified atom stereocenters. The van der Waals surface area contributed by atoms with Crippen LogP contribution < -0.4 is 9.64 Å². The second kappa shape index (κ2) is 6.22. The molecule has 0 bridgehead atoms. The molecule has 5 heteroatoms. The second-order valence-corrected chi connectivity index (χ2v) is 4.88. The lowest BCUT2D eigenvalue weighted by Gasteiger charge is -2.32. The highest BCUT2D eigenvalue weighted by Crippen LogP contribution is 2.37. The maximum Gasteiger partial charge on any atom is 0.238 e. The summed E-state index contributed by atoms with van der Waals surface area (Å²) in [6.07, 6.45) is -0.465. The summed E-state index contributed by atoms with van der Waals surface area (Å²) in [6, 6.07) is 5.59. The van der Waals surface area contributed by atoms with Crippen LogP contribution >= 0.6 is 0 Å². The van der Waals surface area contributed by atoms with Gasteiger partial charge in [0.05, 0.1) is 7.11 Å². The summed E-state index contributed by atoms with van der Waals surface area (Å²) >= 11 is 0. The van der Waals surface area contributed by atoms with Crippen LogP contribution in [0.2, 0.25) is 0 Å². The first-order valence-electron chi connectivity index (χ1n) is 6.61. The van der Waals surface area contributed by atoms with Gasteiger partial charge in [-0.2, -0.15) is 0 Å². The van der Waals surface area contributed by atoms with Crippen LogP contribution in [0.3, 0.4) is 0 Å². The molecule has 1 aliphatic heterocycles. The molecule has 0 saturated heterocycles. The number of allylic oxidation sites excluding steroid dienone is 1. The van der Waals surface area contributed by atoms with Crippen molar-refractivity contribution in [2.75, 3.05) is 19.1 Å². The van der Waals surface area contributed by atoms with Crippen LogP contribution in [0.25, 0.3) is 5.57 Å². The summed E-state index contributed by atoms with van der Waals surface area (Å²) in [7, 11) is 3.37. The van der Waals surface area contributed by atoms with Crippen molar-refractivity contribution in [3.63, 3.8) is 0 Å². The molecule has 1 atom stereocenters. The highest BCUT2D eigenvalue weighted by molar-refractivity contribution is 5.81. The van der Waals surface area contributed by atoms with Crippen molar-refractivity contribution < 1.29 is 18.6 Å². The van der Waals surface area contributed by atoms with Gasteiger partial charge in [0.1, 0.15) is 12.0 Å². The van der Waals surface area contributed by atoms with E-state index in [1.54, 1.807) is 25.1 Å². The van der Waals surface area contributed by atoms with Gasteiger partial charge in [-0.05, 0) is 36.6 Å². The third-order valence-corrected chi connectivity index (χ3v) is 3.55. The summed E-state index contributed by atoms with van der Waals surface area (Å²) in [4.78, 5) is 1.73. The quantitative estimate of drug-likeness (QED) is 0.900. The zero-order chi connectivity index (χ0) is 14.7. The molecule has 20 heavy (non-hydrogen) atoms. The minimum Gasteiger partial charge on any atom is -0.497 e. The number of alkyl halides is 2. The Morgan fingerprint density at radius 1 is 1.40 bits per heavy atom. The number of aliphatic hydroxyl groups excluding tert-OH is 1. The Balaban J connectivity index is 2.24. The van der Waals surface area contributed by atoms with E-state index in [9.17, 15) is 13.9 Å². The summed E-state index contributed by atoms with van der Waals surface area (Å²) in [5.74, 6) is 0.705. The zero-order valence-corrected chi connectivity index (χ0v) is 11.6. The number of likely N-dealkylation sites (N-methyl/N-ethyl adjacent to an activating group) is 1. The lowest BCUT2D eigenvalue weighted by Crippen LogP contribution is -2.33. The van der Waals surface area contributed by atoms with E-state index in [-0.39, 0.29) is 6.42 Å². The molecule has 0 spiro atoms. The Morgan fingerprint density at radius 3 is 2.80 bits per heavy atom. The molecule has 0 aliphatic carbocycles. The summed E-state index contributed by atoms with van der Waals surface area (Å²) in [6.45, 7) is 0. The van der Waals surface area contributed by atoms with E-state index in [1.807, 2.05) is 18.2 Å². The SMILES string of the molecule is COc1ccc2c(c1)N(C)C(O)C=C2CCCC(F)F. The van der Waals surface area contributed by atoms with Gasteiger partial charge < -0.3 is 14.7 Å². The zero-order valence-electron chi connectivity index (χ0n) is 11.6. The maximum atomic E-state index is 12.2. The van der Waals surface area contributed by atoms with Crippen LogP contribution in [0.5, 0.6) is 5.75 Å². The fraction of sp³-hybridized carbons (Fsp3) is 0.467. The molecule has 0 aromatic heterocycles. The molecule has 1 heterocycles. The van der Waals surface area contributed by atoms with Gasteiger partial charge in [0.2, 0.25) is 6.43 Å². The Morgan fingerprint density at radius 2 is 2.15 bits per heavy atom. The fourth-order valence-corrected chi connectivity index (χ4v) is 2.39. The normalized spacial score (nSPS) is 18.0. The number of hydrogen-bond donors (Lipinski definition) is 1. The maximum absolute atomic E-state index is 12.2. The van der Waals surface area contributed by atoms with Crippen molar-refractivity contribution >= 4 is 11.3 Å². The van der Waals surface area contributed by atoms with Gasteiger partial charge in [-0.1, -0.05) is 0 Å². The third kappa shape index (κ3) is 3.10. The number of methoxy groups -OCH3 is 1. The minimum atomic E-state index is -2.28. The van der Waals surface area contributed by atoms with Gasteiger partial charge in [-0.3, -0.25) is 0 Å². The topological polar surface area (TPSA) is 32.7 Å². The van der Waals surface area contributed by atoms with Crippen molar-refractivity contribution in [3.8, 4) is 5.75 Å². The van der Waals surface area contributed by atoms with Crippen LogP contribution in [-0.2, 0) is 0 Å². The average molecular weight is 283 g/mol. The molecule has 110 valence electrons. The number of ether oxygens (including phenoxy) is 1. The molecule has 0 radical (unpaired) electrons. The summed E-state index contributed by atoms with van der Waals surface area (Å²) in [5.41, 5.74) is 2.73. The lowest BCUT2D eigenvalue weighted by atomic mass is 9.94. The van der Waals surface area contributed by atoms with E-state index in [0.717, 1.165) is 16.8 Å². The second-order valence-electron chi connectivity index (χ2n) is 4.88. The Kier molecular flexibility index (Phi) is 4.60. The molecular formula is C15H19F2NO2. The molecule has 2 rings (SSSR count).